The number of rotatable bonds is 3. The summed E-state index contributed by atoms with van der Waals surface area (Å²) in [5.41, 5.74) is 0.997. The molecule has 3 heterocycles. The highest BCUT2D eigenvalue weighted by Gasteiger charge is 2.30. The van der Waals surface area contributed by atoms with E-state index in [4.69, 9.17) is 9.72 Å². The summed E-state index contributed by atoms with van der Waals surface area (Å²) in [6, 6.07) is 2.03. The standard InChI is InChI=1S/C17H26N4O2/c1-12(2)16-18-13(3)11-15(19-16)20-6-8-21(9-7-20)17(22)14-5-4-10-23-14/h11-12,14H,4-10H2,1-3H3/t14-/m0/s1. The van der Waals surface area contributed by atoms with Gasteiger partial charge in [-0.2, -0.15) is 0 Å². The molecule has 2 aliphatic heterocycles. The van der Waals surface area contributed by atoms with E-state index < -0.39 is 0 Å². The Balaban J connectivity index is 1.63. The van der Waals surface area contributed by atoms with Gasteiger partial charge in [-0.15, -0.1) is 0 Å². The second-order valence-electron chi connectivity index (χ2n) is 6.69. The first kappa shape index (κ1) is 16.2. The third-order valence-electron chi connectivity index (χ3n) is 4.49. The summed E-state index contributed by atoms with van der Waals surface area (Å²) >= 11 is 0. The molecule has 1 amide bonds. The normalized spacial score (nSPS) is 22.0. The molecule has 0 spiro atoms. The van der Waals surface area contributed by atoms with Gasteiger partial charge >= 0.3 is 0 Å². The zero-order chi connectivity index (χ0) is 16.4. The first-order valence-corrected chi connectivity index (χ1v) is 8.55. The van der Waals surface area contributed by atoms with Gasteiger partial charge in [0.2, 0.25) is 0 Å². The molecular formula is C17H26N4O2. The van der Waals surface area contributed by atoms with Crippen LogP contribution in [0.1, 0.15) is 44.1 Å². The number of hydrogen-bond acceptors (Lipinski definition) is 5. The summed E-state index contributed by atoms with van der Waals surface area (Å²) < 4.78 is 5.51. The van der Waals surface area contributed by atoms with Gasteiger partial charge in [0.15, 0.2) is 0 Å². The summed E-state index contributed by atoms with van der Waals surface area (Å²) in [5.74, 6) is 2.34. The molecule has 6 heteroatoms. The van der Waals surface area contributed by atoms with Gasteiger partial charge in [-0.1, -0.05) is 13.8 Å². The maximum Gasteiger partial charge on any atom is 0.251 e. The van der Waals surface area contributed by atoms with E-state index in [1.54, 1.807) is 0 Å². The fourth-order valence-corrected chi connectivity index (χ4v) is 3.13. The summed E-state index contributed by atoms with van der Waals surface area (Å²) in [6.07, 6.45) is 1.64. The molecule has 3 rings (SSSR count). The smallest absolute Gasteiger partial charge is 0.251 e. The van der Waals surface area contributed by atoms with Gasteiger partial charge in [-0.25, -0.2) is 9.97 Å². The fraction of sp³-hybridized carbons (Fsp3) is 0.706. The van der Waals surface area contributed by atoms with Crippen molar-refractivity contribution in [1.82, 2.24) is 14.9 Å². The maximum absolute atomic E-state index is 12.4. The number of piperazine rings is 1. The Morgan fingerprint density at radius 1 is 1.26 bits per heavy atom. The van der Waals surface area contributed by atoms with E-state index in [9.17, 15) is 4.79 Å². The second kappa shape index (κ2) is 6.83. The van der Waals surface area contributed by atoms with Gasteiger partial charge in [0.05, 0.1) is 0 Å². The van der Waals surface area contributed by atoms with Crippen molar-refractivity contribution >= 4 is 11.7 Å². The third-order valence-corrected chi connectivity index (χ3v) is 4.49. The lowest BCUT2D eigenvalue weighted by atomic mass is 10.2. The van der Waals surface area contributed by atoms with Crippen molar-refractivity contribution in [2.24, 2.45) is 0 Å². The highest BCUT2D eigenvalue weighted by Crippen LogP contribution is 2.20. The summed E-state index contributed by atoms with van der Waals surface area (Å²) in [4.78, 5) is 25.8. The van der Waals surface area contributed by atoms with Crippen molar-refractivity contribution in [2.45, 2.75) is 45.6 Å². The van der Waals surface area contributed by atoms with Crippen LogP contribution in [-0.4, -0.2) is 59.7 Å². The molecule has 0 aliphatic carbocycles. The number of carbonyl (C=O) groups excluding carboxylic acids is 1. The first-order chi connectivity index (χ1) is 11.0. The predicted molar refractivity (Wildman–Crippen MR) is 88.6 cm³/mol. The average molecular weight is 318 g/mol. The third kappa shape index (κ3) is 3.63. The van der Waals surface area contributed by atoms with Gasteiger partial charge in [-0.3, -0.25) is 4.79 Å². The average Bonchev–Trinajstić information content (AvgIpc) is 3.08. The van der Waals surface area contributed by atoms with Crippen LogP contribution in [0.15, 0.2) is 6.07 Å². The van der Waals surface area contributed by atoms with Gasteiger partial charge in [0.1, 0.15) is 17.7 Å². The number of ether oxygens (including phenoxy) is 1. The highest BCUT2D eigenvalue weighted by molar-refractivity contribution is 5.81. The molecule has 2 aliphatic rings. The molecule has 1 aromatic heterocycles. The maximum atomic E-state index is 12.4. The van der Waals surface area contributed by atoms with Crippen LogP contribution in [0.5, 0.6) is 0 Å². The molecular weight excluding hydrogens is 292 g/mol. The monoisotopic (exact) mass is 318 g/mol. The number of amides is 1. The largest absolute Gasteiger partial charge is 0.368 e. The van der Waals surface area contributed by atoms with Gasteiger partial charge in [0.25, 0.3) is 5.91 Å². The van der Waals surface area contributed by atoms with Crippen LogP contribution in [0, 0.1) is 6.92 Å². The van der Waals surface area contributed by atoms with E-state index in [0.29, 0.717) is 12.5 Å². The molecule has 0 N–H and O–H groups in total. The van der Waals surface area contributed by atoms with E-state index in [1.807, 2.05) is 17.9 Å². The molecule has 2 saturated heterocycles. The summed E-state index contributed by atoms with van der Waals surface area (Å²) in [5, 5.41) is 0. The summed E-state index contributed by atoms with van der Waals surface area (Å²) in [7, 11) is 0. The van der Waals surface area contributed by atoms with Crippen molar-refractivity contribution < 1.29 is 9.53 Å². The number of aromatic nitrogens is 2. The molecule has 0 bridgehead atoms. The van der Waals surface area contributed by atoms with E-state index in [0.717, 1.165) is 56.4 Å². The minimum absolute atomic E-state index is 0.156. The molecule has 1 atom stereocenters. The van der Waals surface area contributed by atoms with Crippen molar-refractivity contribution in [3.63, 3.8) is 0 Å². The first-order valence-electron chi connectivity index (χ1n) is 8.55. The molecule has 0 saturated carbocycles. The Labute approximate surface area is 137 Å². The number of nitrogens with zero attached hydrogens (tertiary/aromatic N) is 4. The quantitative estimate of drug-likeness (QED) is 0.849. The lowest BCUT2D eigenvalue weighted by Crippen LogP contribution is -2.51. The molecule has 6 nitrogen and oxygen atoms in total. The predicted octanol–water partition coefficient (Wildman–Crippen LogP) is 1.74. The van der Waals surface area contributed by atoms with Crippen molar-refractivity contribution in [2.75, 3.05) is 37.7 Å². The Morgan fingerprint density at radius 2 is 2.00 bits per heavy atom. The Bertz CT molecular complexity index is 562. The van der Waals surface area contributed by atoms with E-state index in [2.05, 4.69) is 23.7 Å². The molecule has 2 fully saturated rings. The van der Waals surface area contributed by atoms with Crippen molar-refractivity contribution in [3.05, 3.63) is 17.6 Å². The molecule has 23 heavy (non-hydrogen) atoms. The molecule has 0 unspecified atom stereocenters. The summed E-state index contributed by atoms with van der Waals surface area (Å²) in [6.45, 7) is 10.0. The van der Waals surface area contributed by atoms with Crippen molar-refractivity contribution in [1.29, 1.82) is 0 Å². The lowest BCUT2D eigenvalue weighted by Gasteiger charge is -2.36. The minimum Gasteiger partial charge on any atom is -0.368 e. The fourth-order valence-electron chi connectivity index (χ4n) is 3.13. The van der Waals surface area contributed by atoms with Gasteiger partial charge in [-0.05, 0) is 19.8 Å². The SMILES string of the molecule is Cc1cc(N2CCN(C(=O)[C@@H]3CCCO3)CC2)nc(C(C)C)n1. The molecule has 126 valence electrons. The van der Waals surface area contributed by atoms with E-state index >= 15 is 0 Å². The van der Waals surface area contributed by atoms with Crippen LogP contribution in [0.3, 0.4) is 0 Å². The molecule has 0 aromatic carbocycles. The highest BCUT2D eigenvalue weighted by atomic mass is 16.5. The molecule has 1 aromatic rings. The molecule has 0 radical (unpaired) electrons. The number of anilines is 1. The van der Waals surface area contributed by atoms with Crippen LogP contribution < -0.4 is 4.90 Å². The zero-order valence-corrected chi connectivity index (χ0v) is 14.3. The Morgan fingerprint density at radius 3 is 2.61 bits per heavy atom. The van der Waals surface area contributed by atoms with E-state index in [-0.39, 0.29) is 12.0 Å². The van der Waals surface area contributed by atoms with Crippen molar-refractivity contribution in [3.8, 4) is 0 Å². The van der Waals surface area contributed by atoms with Gasteiger partial charge < -0.3 is 14.5 Å². The van der Waals surface area contributed by atoms with Crippen LogP contribution in [0.2, 0.25) is 0 Å². The van der Waals surface area contributed by atoms with E-state index in [1.165, 1.54) is 0 Å². The van der Waals surface area contributed by atoms with Crippen LogP contribution in [0.4, 0.5) is 5.82 Å². The zero-order valence-electron chi connectivity index (χ0n) is 14.3. The number of carbonyl (C=O) groups is 1. The number of aryl methyl sites for hydroxylation is 1. The van der Waals surface area contributed by atoms with Crippen LogP contribution in [-0.2, 0) is 9.53 Å². The van der Waals surface area contributed by atoms with Crippen LogP contribution >= 0.6 is 0 Å². The lowest BCUT2D eigenvalue weighted by molar-refractivity contribution is -0.141. The Kier molecular flexibility index (Phi) is 4.80. The van der Waals surface area contributed by atoms with Crippen LogP contribution in [0.25, 0.3) is 0 Å². The second-order valence-corrected chi connectivity index (χ2v) is 6.69. The minimum atomic E-state index is -0.213. The van der Waals surface area contributed by atoms with Gasteiger partial charge in [0, 0.05) is 50.5 Å². The Hall–Kier alpha value is -1.69. The topological polar surface area (TPSA) is 58.6 Å². The number of hydrogen-bond donors (Lipinski definition) is 0.